The molecule has 1 aliphatic heterocycles. The van der Waals surface area contributed by atoms with Gasteiger partial charge in [-0.3, -0.25) is 0 Å². The number of fused-ring (bicyclic) bond motifs is 5. The van der Waals surface area contributed by atoms with Crippen molar-refractivity contribution in [1.82, 2.24) is 0 Å². The number of phenols is 1. The van der Waals surface area contributed by atoms with E-state index in [4.69, 9.17) is 18.6 Å². The quantitative estimate of drug-likeness (QED) is 0.241. The Morgan fingerprint density at radius 3 is 2.32 bits per heavy atom. The predicted molar refractivity (Wildman–Crippen MR) is 138 cm³/mol. The van der Waals surface area contributed by atoms with E-state index < -0.39 is 35.6 Å². The van der Waals surface area contributed by atoms with E-state index in [9.17, 15) is 25.2 Å². The van der Waals surface area contributed by atoms with Gasteiger partial charge >= 0.3 is 5.63 Å². The first-order valence-electron chi connectivity index (χ1n) is 11.7. The highest BCUT2D eigenvalue weighted by atomic mass is 16.5. The maximum absolute atomic E-state index is 13.3. The third-order valence-corrected chi connectivity index (χ3v) is 7.29. The summed E-state index contributed by atoms with van der Waals surface area (Å²) in [6.07, 6.45) is -3.29. The van der Waals surface area contributed by atoms with E-state index in [1.54, 1.807) is 31.2 Å². The maximum atomic E-state index is 13.3. The zero-order valence-electron chi connectivity index (χ0n) is 20.8. The zero-order valence-corrected chi connectivity index (χ0v) is 20.8. The van der Waals surface area contributed by atoms with Crippen LogP contribution in [-0.2, 0) is 4.74 Å². The molecule has 1 saturated heterocycles. The lowest BCUT2D eigenvalue weighted by molar-refractivity contribution is -0.261. The first kappa shape index (κ1) is 25.0. The minimum absolute atomic E-state index is 0.109. The van der Waals surface area contributed by atoms with Crippen LogP contribution >= 0.6 is 0 Å². The topological polar surface area (TPSA) is 139 Å². The van der Waals surface area contributed by atoms with Gasteiger partial charge in [0.2, 0.25) is 0 Å². The van der Waals surface area contributed by atoms with Crippen LogP contribution in [0.25, 0.3) is 38.6 Å². The SMILES string of the molecule is C=Cc1cc(OC)c2c(c1)c(=O)oc1c2cc(OC)c2c(O)ccc([C@@H]3O[C@H](C)[C@H](O)[C@@](C)(O)[C@@H]3O)c21. The number of ether oxygens (including phenoxy) is 3. The summed E-state index contributed by atoms with van der Waals surface area (Å²) in [5, 5.41) is 44.9. The molecule has 0 amide bonds. The van der Waals surface area contributed by atoms with Crippen LogP contribution in [0.2, 0.25) is 0 Å². The van der Waals surface area contributed by atoms with E-state index in [1.807, 2.05) is 0 Å². The first-order valence-corrected chi connectivity index (χ1v) is 11.7. The molecule has 5 atom stereocenters. The second-order valence-electron chi connectivity index (χ2n) is 9.50. The minimum atomic E-state index is -1.90. The summed E-state index contributed by atoms with van der Waals surface area (Å²) in [4.78, 5) is 13.3. The number of phenolic OH excluding ortho intramolecular Hbond substituents is 1. The van der Waals surface area contributed by atoms with Crippen LogP contribution < -0.4 is 15.1 Å². The number of aliphatic hydroxyl groups is 3. The number of hydrogen-bond donors (Lipinski definition) is 4. The molecule has 0 saturated carbocycles. The van der Waals surface area contributed by atoms with Crippen LogP contribution in [0.4, 0.5) is 0 Å². The van der Waals surface area contributed by atoms with E-state index in [0.717, 1.165) is 0 Å². The molecule has 37 heavy (non-hydrogen) atoms. The molecule has 3 aromatic carbocycles. The molecule has 9 nitrogen and oxygen atoms in total. The van der Waals surface area contributed by atoms with Gasteiger partial charge < -0.3 is 39.1 Å². The summed E-state index contributed by atoms with van der Waals surface area (Å²) >= 11 is 0. The van der Waals surface area contributed by atoms with E-state index in [1.165, 1.54) is 33.3 Å². The molecule has 2 heterocycles. The molecule has 1 fully saturated rings. The molecule has 0 unspecified atom stereocenters. The van der Waals surface area contributed by atoms with Crippen LogP contribution in [-0.4, -0.2) is 58.6 Å². The molecule has 1 aromatic heterocycles. The molecule has 4 N–H and O–H groups in total. The third-order valence-electron chi connectivity index (χ3n) is 7.29. The highest BCUT2D eigenvalue weighted by Crippen LogP contribution is 2.48. The molecular formula is C28H28O9. The second-order valence-corrected chi connectivity index (χ2v) is 9.50. The molecule has 5 rings (SSSR count). The van der Waals surface area contributed by atoms with E-state index in [0.29, 0.717) is 27.6 Å². The summed E-state index contributed by atoms with van der Waals surface area (Å²) in [6.45, 7) is 6.67. The lowest BCUT2D eigenvalue weighted by Gasteiger charge is -2.46. The van der Waals surface area contributed by atoms with Crippen molar-refractivity contribution in [3.63, 3.8) is 0 Å². The van der Waals surface area contributed by atoms with Crippen molar-refractivity contribution < 1.29 is 39.1 Å². The Bertz CT molecular complexity index is 1620. The van der Waals surface area contributed by atoms with Gasteiger partial charge in [0.25, 0.3) is 0 Å². The standard InChI is InChI=1S/C28H28O9/c1-6-13-9-16-20(18(10-13)34-4)15-11-19(35-5)22-17(29)8-7-14(21(22)23(15)37-27(16)32)24-26(31)28(3,33)25(30)12(2)36-24/h6-12,24-26,29-31,33H,1H2,2-5H3/t12-,24+,25+,26-,28-/m1/s1. The fourth-order valence-corrected chi connectivity index (χ4v) is 5.28. The van der Waals surface area contributed by atoms with Gasteiger partial charge in [-0.2, -0.15) is 0 Å². The van der Waals surface area contributed by atoms with Crippen LogP contribution in [0.15, 0.2) is 46.1 Å². The van der Waals surface area contributed by atoms with Crippen LogP contribution in [0.1, 0.15) is 31.1 Å². The predicted octanol–water partition coefficient (Wildman–Crippen LogP) is 3.40. The van der Waals surface area contributed by atoms with Gasteiger partial charge in [-0.05, 0) is 49.2 Å². The van der Waals surface area contributed by atoms with Gasteiger partial charge in [0.15, 0.2) is 0 Å². The summed E-state index contributed by atoms with van der Waals surface area (Å²) in [7, 11) is 2.93. The van der Waals surface area contributed by atoms with Gasteiger partial charge in [0.05, 0.1) is 31.1 Å². The lowest BCUT2D eigenvalue weighted by Crippen LogP contribution is -2.61. The van der Waals surface area contributed by atoms with Gasteiger partial charge in [-0.15, -0.1) is 0 Å². The van der Waals surface area contributed by atoms with Crippen LogP contribution in [0, 0.1) is 0 Å². The Labute approximate surface area is 211 Å². The normalized spacial score (nSPS) is 26.0. The summed E-state index contributed by atoms with van der Waals surface area (Å²) in [6, 6.07) is 7.95. The highest BCUT2D eigenvalue weighted by molar-refractivity contribution is 6.19. The Kier molecular flexibility index (Phi) is 5.91. The van der Waals surface area contributed by atoms with Gasteiger partial charge in [-0.25, -0.2) is 4.79 Å². The molecule has 1 aliphatic rings. The number of benzene rings is 3. The maximum Gasteiger partial charge on any atom is 0.344 e. The second kappa shape index (κ2) is 8.74. The van der Waals surface area contributed by atoms with Crippen molar-refractivity contribution in [1.29, 1.82) is 0 Å². The molecule has 4 aromatic rings. The van der Waals surface area contributed by atoms with Gasteiger partial charge in [-0.1, -0.05) is 18.7 Å². The Morgan fingerprint density at radius 1 is 1.00 bits per heavy atom. The highest BCUT2D eigenvalue weighted by Gasteiger charge is 2.51. The Hall–Kier alpha value is -3.63. The summed E-state index contributed by atoms with van der Waals surface area (Å²) in [5.41, 5.74) is -1.45. The number of methoxy groups -OCH3 is 2. The molecule has 0 radical (unpaired) electrons. The van der Waals surface area contributed by atoms with Gasteiger partial charge in [0.1, 0.15) is 46.7 Å². The Morgan fingerprint density at radius 2 is 1.68 bits per heavy atom. The monoisotopic (exact) mass is 508 g/mol. The van der Waals surface area contributed by atoms with Crippen molar-refractivity contribution in [3.8, 4) is 17.2 Å². The van der Waals surface area contributed by atoms with E-state index in [-0.39, 0.29) is 33.2 Å². The minimum Gasteiger partial charge on any atom is -0.507 e. The number of aliphatic hydroxyl groups excluding tert-OH is 2. The van der Waals surface area contributed by atoms with E-state index >= 15 is 0 Å². The van der Waals surface area contributed by atoms with Crippen LogP contribution in [0.5, 0.6) is 17.2 Å². The molecule has 9 heteroatoms. The lowest BCUT2D eigenvalue weighted by atomic mass is 9.80. The molecule has 0 bridgehead atoms. The van der Waals surface area contributed by atoms with Crippen molar-refractivity contribution in [3.05, 3.63) is 58.5 Å². The largest absolute Gasteiger partial charge is 0.507 e. The average molecular weight is 509 g/mol. The average Bonchev–Trinajstić information content (AvgIpc) is 2.89. The van der Waals surface area contributed by atoms with Gasteiger partial charge in [0, 0.05) is 16.2 Å². The zero-order chi connectivity index (χ0) is 26.8. The van der Waals surface area contributed by atoms with Crippen molar-refractivity contribution in [2.45, 2.75) is 43.9 Å². The van der Waals surface area contributed by atoms with E-state index in [2.05, 4.69) is 6.58 Å². The Balaban J connectivity index is 1.97. The molecular weight excluding hydrogens is 480 g/mol. The molecule has 0 aliphatic carbocycles. The van der Waals surface area contributed by atoms with Crippen molar-refractivity contribution in [2.75, 3.05) is 14.2 Å². The first-order chi connectivity index (χ1) is 17.5. The van der Waals surface area contributed by atoms with Crippen LogP contribution in [0.3, 0.4) is 0 Å². The number of hydrogen-bond acceptors (Lipinski definition) is 9. The van der Waals surface area contributed by atoms with Crippen molar-refractivity contribution >= 4 is 38.6 Å². The molecule has 0 spiro atoms. The molecule has 194 valence electrons. The summed E-state index contributed by atoms with van der Waals surface area (Å²) in [5.74, 6) is 0.526. The fraction of sp³-hybridized carbons (Fsp3) is 0.321. The third kappa shape index (κ3) is 3.58. The smallest absolute Gasteiger partial charge is 0.344 e. The number of rotatable bonds is 4. The van der Waals surface area contributed by atoms with Crippen molar-refractivity contribution in [2.24, 2.45) is 0 Å². The summed E-state index contributed by atoms with van der Waals surface area (Å²) < 4.78 is 23.1. The fourth-order valence-electron chi connectivity index (χ4n) is 5.28. The number of aromatic hydroxyl groups is 1.